The van der Waals surface area contributed by atoms with E-state index in [1.165, 1.54) is 12.1 Å². The van der Waals surface area contributed by atoms with Crippen LogP contribution in [0, 0.1) is 6.92 Å². The second-order valence-corrected chi connectivity index (χ2v) is 7.93. The van der Waals surface area contributed by atoms with Crippen LogP contribution >= 0.6 is 0 Å². The third-order valence-electron chi connectivity index (χ3n) is 2.59. The molecule has 0 aliphatic rings. The van der Waals surface area contributed by atoms with Gasteiger partial charge in [-0.3, -0.25) is 0 Å². The molecule has 0 aromatic heterocycles. The molecular formula is C11H19N3O4S2. The molecule has 0 fully saturated rings. The lowest BCUT2D eigenvalue weighted by molar-refractivity contribution is 0.576. The van der Waals surface area contributed by atoms with Crippen LogP contribution in [0.15, 0.2) is 23.1 Å². The van der Waals surface area contributed by atoms with Crippen molar-refractivity contribution in [3.8, 4) is 0 Å². The molecule has 9 heteroatoms. The highest BCUT2D eigenvalue weighted by molar-refractivity contribution is 7.90. The number of hydrogen-bond donors (Lipinski definition) is 3. The molecule has 0 unspecified atom stereocenters. The number of nitrogen functional groups attached to an aromatic ring is 1. The van der Waals surface area contributed by atoms with Gasteiger partial charge in [0.1, 0.15) is 0 Å². The summed E-state index contributed by atoms with van der Waals surface area (Å²) in [5, 5.41) is 0. The van der Waals surface area contributed by atoms with Crippen molar-refractivity contribution in [2.24, 2.45) is 0 Å². The van der Waals surface area contributed by atoms with Gasteiger partial charge in [-0.1, -0.05) is 13.0 Å². The van der Waals surface area contributed by atoms with Crippen molar-refractivity contribution >= 4 is 25.7 Å². The lowest BCUT2D eigenvalue weighted by atomic mass is 10.2. The Bertz CT molecular complexity index is 669. The predicted octanol–water partition coefficient (Wildman–Crippen LogP) is -0.205. The van der Waals surface area contributed by atoms with Crippen LogP contribution < -0.4 is 15.2 Å². The summed E-state index contributed by atoms with van der Waals surface area (Å²) in [5.41, 5.74) is 6.80. The van der Waals surface area contributed by atoms with Crippen LogP contribution in [0.4, 0.5) is 5.69 Å². The van der Waals surface area contributed by atoms with Crippen LogP contribution in [0.25, 0.3) is 0 Å². The maximum absolute atomic E-state index is 12.0. The van der Waals surface area contributed by atoms with E-state index in [0.29, 0.717) is 5.69 Å². The monoisotopic (exact) mass is 321 g/mol. The first-order valence-corrected chi connectivity index (χ1v) is 9.14. The Morgan fingerprint density at radius 1 is 1.15 bits per heavy atom. The zero-order valence-corrected chi connectivity index (χ0v) is 13.0. The van der Waals surface area contributed by atoms with Crippen molar-refractivity contribution in [3.63, 3.8) is 0 Å². The second kappa shape index (κ2) is 6.53. The normalized spacial score (nSPS) is 12.5. The Kier molecular flexibility index (Phi) is 5.51. The van der Waals surface area contributed by atoms with Gasteiger partial charge < -0.3 is 5.73 Å². The minimum atomic E-state index is -3.76. The predicted molar refractivity (Wildman–Crippen MR) is 78.2 cm³/mol. The molecule has 0 saturated heterocycles. The third kappa shape index (κ3) is 4.75. The van der Waals surface area contributed by atoms with Gasteiger partial charge in [0.25, 0.3) is 0 Å². The van der Waals surface area contributed by atoms with Crippen molar-refractivity contribution in [1.82, 2.24) is 9.44 Å². The zero-order valence-electron chi connectivity index (χ0n) is 11.4. The van der Waals surface area contributed by atoms with Crippen LogP contribution in [-0.2, 0) is 20.0 Å². The average molecular weight is 321 g/mol. The van der Waals surface area contributed by atoms with Gasteiger partial charge in [0.05, 0.1) is 10.6 Å². The summed E-state index contributed by atoms with van der Waals surface area (Å²) in [7, 11) is -7.21. The average Bonchev–Trinajstić information content (AvgIpc) is 2.31. The van der Waals surface area contributed by atoms with E-state index in [4.69, 9.17) is 5.73 Å². The van der Waals surface area contributed by atoms with Crippen LogP contribution in [0.3, 0.4) is 0 Å². The fraction of sp³-hybridized carbons (Fsp3) is 0.455. The summed E-state index contributed by atoms with van der Waals surface area (Å²) in [6.07, 6.45) is 0. The molecule has 20 heavy (non-hydrogen) atoms. The minimum absolute atomic E-state index is 0.0152. The van der Waals surface area contributed by atoms with Crippen LogP contribution in [0.5, 0.6) is 0 Å². The number of nitrogens with two attached hydrogens (primary N) is 1. The number of rotatable bonds is 7. The summed E-state index contributed by atoms with van der Waals surface area (Å²) in [6, 6.07) is 4.36. The first-order chi connectivity index (χ1) is 9.18. The topological polar surface area (TPSA) is 118 Å². The Morgan fingerprint density at radius 2 is 1.80 bits per heavy atom. The highest BCUT2D eigenvalue weighted by atomic mass is 32.2. The lowest BCUT2D eigenvalue weighted by Crippen LogP contribution is -2.34. The van der Waals surface area contributed by atoms with Gasteiger partial charge in [-0.25, -0.2) is 26.3 Å². The molecule has 0 spiro atoms. The Hall–Kier alpha value is -1.16. The second-order valence-electron chi connectivity index (χ2n) is 4.23. The molecular weight excluding hydrogens is 302 g/mol. The van der Waals surface area contributed by atoms with Crippen LogP contribution in [-0.4, -0.2) is 35.7 Å². The van der Waals surface area contributed by atoms with Gasteiger partial charge in [0.15, 0.2) is 0 Å². The fourth-order valence-corrected chi connectivity index (χ4v) is 3.62. The van der Waals surface area contributed by atoms with Crippen LogP contribution in [0.2, 0.25) is 0 Å². The van der Waals surface area contributed by atoms with Gasteiger partial charge in [-0.05, 0) is 24.6 Å². The number of nitrogens with one attached hydrogen (secondary N) is 2. The number of hydrogen-bond acceptors (Lipinski definition) is 5. The van der Waals surface area contributed by atoms with E-state index in [1.807, 2.05) is 0 Å². The van der Waals surface area contributed by atoms with Crippen LogP contribution in [0.1, 0.15) is 12.5 Å². The smallest absolute Gasteiger partial charge is 0.240 e. The molecule has 7 nitrogen and oxygen atoms in total. The van der Waals surface area contributed by atoms with E-state index < -0.39 is 20.0 Å². The lowest BCUT2D eigenvalue weighted by Gasteiger charge is -2.09. The third-order valence-corrected chi connectivity index (χ3v) is 5.52. The highest BCUT2D eigenvalue weighted by Crippen LogP contribution is 2.16. The van der Waals surface area contributed by atoms with Crippen molar-refractivity contribution in [1.29, 1.82) is 0 Å². The van der Waals surface area contributed by atoms with Gasteiger partial charge >= 0.3 is 0 Å². The molecule has 0 saturated carbocycles. The molecule has 0 radical (unpaired) electrons. The standard InChI is InChI=1S/C11H19N3O4S2/c1-3-13-19(15,16)7-6-14-20(17,18)10-5-4-9(2)11(12)8-10/h4-5,8,13-14H,3,6-7,12H2,1-2H3. The molecule has 1 aromatic carbocycles. The molecule has 1 aromatic rings. The van der Waals surface area contributed by atoms with Gasteiger partial charge in [0, 0.05) is 18.8 Å². The molecule has 0 bridgehead atoms. The Balaban J connectivity index is 2.74. The van der Waals surface area contributed by atoms with E-state index >= 15 is 0 Å². The van der Waals surface area contributed by atoms with Crippen molar-refractivity contribution in [2.45, 2.75) is 18.7 Å². The first kappa shape index (κ1) is 16.9. The highest BCUT2D eigenvalue weighted by Gasteiger charge is 2.16. The largest absolute Gasteiger partial charge is 0.398 e. The summed E-state index contributed by atoms with van der Waals surface area (Å²) in [6.45, 7) is 3.48. The van der Waals surface area contributed by atoms with Crippen molar-refractivity contribution < 1.29 is 16.8 Å². The van der Waals surface area contributed by atoms with E-state index in [1.54, 1.807) is 19.9 Å². The number of sulfonamides is 2. The summed E-state index contributed by atoms with van der Waals surface area (Å²) >= 11 is 0. The first-order valence-electron chi connectivity index (χ1n) is 6.01. The van der Waals surface area contributed by atoms with Gasteiger partial charge in [0.2, 0.25) is 20.0 Å². The van der Waals surface area contributed by atoms with E-state index in [0.717, 1.165) is 5.56 Å². The van der Waals surface area contributed by atoms with E-state index in [-0.39, 0.29) is 23.7 Å². The van der Waals surface area contributed by atoms with Gasteiger partial charge in [-0.15, -0.1) is 0 Å². The molecule has 0 atom stereocenters. The van der Waals surface area contributed by atoms with Gasteiger partial charge in [-0.2, -0.15) is 0 Å². The minimum Gasteiger partial charge on any atom is -0.398 e. The molecule has 1 rings (SSSR count). The van der Waals surface area contributed by atoms with E-state index in [2.05, 4.69) is 9.44 Å². The summed E-state index contributed by atoms with van der Waals surface area (Å²) in [4.78, 5) is 0.0152. The molecule has 4 N–H and O–H groups in total. The number of benzene rings is 1. The number of aryl methyl sites for hydroxylation is 1. The quantitative estimate of drug-likeness (QED) is 0.601. The SMILES string of the molecule is CCNS(=O)(=O)CCNS(=O)(=O)c1ccc(C)c(N)c1. The Labute approximate surface area is 119 Å². The molecule has 114 valence electrons. The Morgan fingerprint density at radius 3 is 2.35 bits per heavy atom. The molecule has 0 amide bonds. The zero-order chi connectivity index (χ0) is 15.4. The maximum atomic E-state index is 12.0. The molecule has 0 aliphatic heterocycles. The molecule has 0 aliphatic carbocycles. The fourth-order valence-electron chi connectivity index (χ4n) is 1.47. The maximum Gasteiger partial charge on any atom is 0.240 e. The van der Waals surface area contributed by atoms with E-state index in [9.17, 15) is 16.8 Å². The summed E-state index contributed by atoms with van der Waals surface area (Å²) < 4.78 is 51.2. The van der Waals surface area contributed by atoms with Crippen molar-refractivity contribution in [3.05, 3.63) is 23.8 Å². The summed E-state index contributed by atoms with van der Waals surface area (Å²) in [5.74, 6) is -0.318. The molecule has 0 heterocycles. The number of anilines is 1. The van der Waals surface area contributed by atoms with Crippen molar-refractivity contribution in [2.75, 3.05) is 24.6 Å².